The summed E-state index contributed by atoms with van der Waals surface area (Å²) < 4.78 is 30.7. The molecule has 1 heterocycles. The molecule has 0 aromatic carbocycles. The number of nitrogens with one attached hydrogen (secondary N) is 1. The van der Waals surface area contributed by atoms with Gasteiger partial charge in [0.05, 0.1) is 12.7 Å². The van der Waals surface area contributed by atoms with Crippen molar-refractivity contribution in [3.8, 4) is 0 Å². The summed E-state index contributed by atoms with van der Waals surface area (Å²) in [4.78, 5) is 11.3. The normalized spacial score (nSPS) is 12.4. The Morgan fingerprint density at radius 2 is 2.17 bits per heavy atom. The van der Waals surface area contributed by atoms with Crippen LogP contribution in [0.4, 0.5) is 0 Å². The number of sulfonamides is 1. The van der Waals surface area contributed by atoms with Crippen molar-refractivity contribution in [3.05, 3.63) is 16.3 Å². The lowest BCUT2D eigenvalue weighted by molar-refractivity contribution is 0.0602. The van der Waals surface area contributed by atoms with E-state index in [0.29, 0.717) is 0 Å². The van der Waals surface area contributed by atoms with Crippen molar-refractivity contribution in [2.45, 2.75) is 24.3 Å². The monoisotopic (exact) mass is 293 g/mol. The molecular weight excluding hydrogens is 278 g/mol. The molecule has 102 valence electrons. The van der Waals surface area contributed by atoms with Gasteiger partial charge in [0.15, 0.2) is 0 Å². The first kappa shape index (κ1) is 15.1. The number of thiophene rings is 1. The van der Waals surface area contributed by atoms with Gasteiger partial charge in [-0.05, 0) is 25.3 Å². The second kappa shape index (κ2) is 5.35. The van der Waals surface area contributed by atoms with Crippen molar-refractivity contribution in [1.29, 1.82) is 0 Å². The molecule has 0 saturated heterocycles. The first-order valence-electron chi connectivity index (χ1n) is 5.05. The molecule has 0 saturated carbocycles. The zero-order valence-corrected chi connectivity index (χ0v) is 11.9. The van der Waals surface area contributed by atoms with Crippen molar-refractivity contribution < 1.29 is 23.1 Å². The van der Waals surface area contributed by atoms with Gasteiger partial charge in [-0.3, -0.25) is 0 Å². The van der Waals surface area contributed by atoms with Crippen molar-refractivity contribution in [2.24, 2.45) is 0 Å². The summed E-state index contributed by atoms with van der Waals surface area (Å²) in [5.74, 6) is -0.700. The Morgan fingerprint density at radius 1 is 1.56 bits per heavy atom. The molecule has 1 rings (SSSR count). The van der Waals surface area contributed by atoms with Crippen LogP contribution < -0.4 is 4.72 Å². The molecule has 1 aromatic rings. The molecule has 0 aliphatic rings. The predicted octanol–water partition coefficient (Wildman–Crippen LogP) is 0.584. The van der Waals surface area contributed by atoms with E-state index < -0.39 is 21.6 Å². The Morgan fingerprint density at radius 3 is 2.67 bits per heavy atom. The van der Waals surface area contributed by atoms with E-state index in [1.165, 1.54) is 32.4 Å². The lowest BCUT2D eigenvalue weighted by atomic mass is 10.1. The molecule has 0 bridgehead atoms. The average molecular weight is 293 g/mol. The van der Waals surface area contributed by atoms with Crippen LogP contribution in [-0.4, -0.2) is 38.7 Å². The number of hydrogen-bond acceptors (Lipinski definition) is 6. The highest BCUT2D eigenvalue weighted by Gasteiger charge is 2.26. The number of carbonyl (C=O) groups is 1. The second-order valence-electron chi connectivity index (χ2n) is 4.24. The van der Waals surface area contributed by atoms with Gasteiger partial charge in [0.2, 0.25) is 10.0 Å². The van der Waals surface area contributed by atoms with Crippen LogP contribution >= 0.6 is 11.3 Å². The van der Waals surface area contributed by atoms with E-state index in [1.54, 1.807) is 0 Å². The Labute approximate surface area is 110 Å². The van der Waals surface area contributed by atoms with E-state index in [1.807, 2.05) is 0 Å². The van der Waals surface area contributed by atoms with Gasteiger partial charge >= 0.3 is 5.97 Å². The first-order valence-corrected chi connectivity index (χ1v) is 7.41. The lowest BCUT2D eigenvalue weighted by Gasteiger charge is -2.17. The van der Waals surface area contributed by atoms with Crippen LogP contribution in [-0.2, 0) is 14.8 Å². The fraction of sp³-hybridized carbons (Fsp3) is 0.500. The largest absolute Gasteiger partial charge is 0.465 e. The SMILES string of the molecule is COC(=O)c1sccc1S(=O)(=O)NCC(C)(C)O. The highest BCUT2D eigenvalue weighted by molar-refractivity contribution is 7.89. The third-order valence-corrected chi connectivity index (χ3v) is 4.45. The Bertz CT molecular complexity index is 527. The highest BCUT2D eigenvalue weighted by atomic mass is 32.2. The Balaban J connectivity index is 2.99. The zero-order chi connectivity index (χ0) is 14.0. The zero-order valence-electron chi connectivity index (χ0n) is 10.3. The van der Waals surface area contributed by atoms with E-state index >= 15 is 0 Å². The van der Waals surface area contributed by atoms with E-state index in [2.05, 4.69) is 9.46 Å². The van der Waals surface area contributed by atoms with Crippen molar-refractivity contribution in [2.75, 3.05) is 13.7 Å². The smallest absolute Gasteiger partial charge is 0.349 e. The molecule has 8 heteroatoms. The highest BCUT2D eigenvalue weighted by Crippen LogP contribution is 2.22. The standard InChI is InChI=1S/C10H15NO5S2/c1-10(2,13)6-11-18(14,15)7-4-5-17-8(7)9(12)16-3/h4-5,11,13H,6H2,1-3H3. The molecule has 6 nitrogen and oxygen atoms in total. The third-order valence-electron chi connectivity index (χ3n) is 1.98. The van der Waals surface area contributed by atoms with Crippen LogP contribution in [0.2, 0.25) is 0 Å². The summed E-state index contributed by atoms with van der Waals surface area (Å²) in [5.41, 5.74) is -1.17. The van der Waals surface area contributed by atoms with E-state index in [0.717, 1.165) is 11.3 Å². The number of aliphatic hydroxyl groups is 1. The number of methoxy groups -OCH3 is 1. The van der Waals surface area contributed by atoms with Gasteiger partial charge in [-0.25, -0.2) is 17.9 Å². The van der Waals surface area contributed by atoms with Gasteiger partial charge in [-0.15, -0.1) is 11.3 Å². The maximum Gasteiger partial charge on any atom is 0.349 e. The number of rotatable bonds is 5. The van der Waals surface area contributed by atoms with Gasteiger partial charge < -0.3 is 9.84 Å². The van der Waals surface area contributed by atoms with Crippen LogP contribution in [0.5, 0.6) is 0 Å². The van der Waals surface area contributed by atoms with Gasteiger partial charge in [0.1, 0.15) is 9.77 Å². The Kier molecular flexibility index (Phi) is 4.49. The maximum atomic E-state index is 12.0. The summed E-state index contributed by atoms with van der Waals surface area (Å²) in [6.07, 6.45) is 0. The Hall–Kier alpha value is -0.960. The van der Waals surface area contributed by atoms with Crippen LogP contribution in [0.15, 0.2) is 16.3 Å². The van der Waals surface area contributed by atoms with Crippen LogP contribution in [0, 0.1) is 0 Å². The van der Waals surface area contributed by atoms with Crippen molar-refractivity contribution in [3.63, 3.8) is 0 Å². The van der Waals surface area contributed by atoms with Gasteiger partial charge in [-0.1, -0.05) is 0 Å². The van der Waals surface area contributed by atoms with Crippen molar-refractivity contribution >= 4 is 27.3 Å². The van der Waals surface area contributed by atoms with E-state index in [9.17, 15) is 18.3 Å². The molecule has 0 radical (unpaired) electrons. The maximum absolute atomic E-state index is 12.0. The topological polar surface area (TPSA) is 92.7 Å². The first-order chi connectivity index (χ1) is 8.17. The minimum atomic E-state index is -3.84. The van der Waals surface area contributed by atoms with E-state index in [-0.39, 0.29) is 16.3 Å². The molecular formula is C10H15NO5S2. The van der Waals surface area contributed by atoms with Gasteiger partial charge in [0, 0.05) is 6.54 Å². The number of carbonyl (C=O) groups excluding carboxylic acids is 1. The van der Waals surface area contributed by atoms with Gasteiger partial charge in [0.25, 0.3) is 0 Å². The summed E-state index contributed by atoms with van der Waals surface area (Å²) in [7, 11) is -2.65. The molecule has 1 aromatic heterocycles. The minimum absolute atomic E-state index is 0.0146. The van der Waals surface area contributed by atoms with Crippen LogP contribution in [0.1, 0.15) is 23.5 Å². The molecule has 18 heavy (non-hydrogen) atoms. The number of hydrogen-bond donors (Lipinski definition) is 2. The molecule has 0 aliphatic heterocycles. The molecule has 0 aliphatic carbocycles. The second-order valence-corrected chi connectivity index (χ2v) is 6.89. The molecule has 0 fully saturated rings. The lowest BCUT2D eigenvalue weighted by Crippen LogP contribution is -2.38. The third kappa shape index (κ3) is 3.77. The average Bonchev–Trinajstić information content (AvgIpc) is 2.74. The van der Waals surface area contributed by atoms with E-state index in [4.69, 9.17) is 0 Å². The minimum Gasteiger partial charge on any atom is -0.465 e. The summed E-state index contributed by atoms with van der Waals surface area (Å²) in [6, 6.07) is 1.32. The molecule has 0 amide bonds. The fourth-order valence-corrected chi connectivity index (χ4v) is 3.64. The van der Waals surface area contributed by atoms with Crippen molar-refractivity contribution in [1.82, 2.24) is 4.72 Å². The van der Waals surface area contributed by atoms with Gasteiger partial charge in [-0.2, -0.15) is 0 Å². The number of esters is 1. The van der Waals surface area contributed by atoms with Crippen LogP contribution in [0.25, 0.3) is 0 Å². The summed E-state index contributed by atoms with van der Waals surface area (Å²) >= 11 is 0.986. The molecule has 0 unspecified atom stereocenters. The molecule has 0 atom stereocenters. The molecule has 2 N–H and O–H groups in total. The van der Waals surface area contributed by atoms with Crippen LogP contribution in [0.3, 0.4) is 0 Å². The predicted molar refractivity (Wildman–Crippen MR) is 67.1 cm³/mol. The molecule has 0 spiro atoms. The summed E-state index contributed by atoms with van der Waals surface area (Å²) in [5, 5.41) is 11.0. The quantitative estimate of drug-likeness (QED) is 0.775. The number of ether oxygens (including phenoxy) is 1. The fourth-order valence-electron chi connectivity index (χ4n) is 1.10. The summed E-state index contributed by atoms with van der Waals surface area (Å²) in [6.45, 7) is 2.81.